The molecule has 0 aliphatic heterocycles. The molecule has 6 nitrogen and oxygen atoms in total. The maximum Gasteiger partial charge on any atom is 0.208 e. The Morgan fingerprint density at radius 1 is 1.29 bits per heavy atom. The summed E-state index contributed by atoms with van der Waals surface area (Å²) in [5.41, 5.74) is 0.575. The molecule has 1 heterocycles. The maximum absolute atomic E-state index is 10.8. The van der Waals surface area contributed by atoms with Gasteiger partial charge in [-0.05, 0) is 6.42 Å². The summed E-state index contributed by atoms with van der Waals surface area (Å²) in [7, 11) is -3.13. The van der Waals surface area contributed by atoms with E-state index in [2.05, 4.69) is 20.2 Å². The molecule has 0 atom stereocenters. The van der Waals surface area contributed by atoms with E-state index in [1.807, 2.05) is 0 Å². The molecule has 0 aliphatic rings. The van der Waals surface area contributed by atoms with Gasteiger partial charge in [0.25, 0.3) is 0 Å². The van der Waals surface area contributed by atoms with Gasteiger partial charge in [-0.2, -0.15) is 0 Å². The summed E-state index contributed by atoms with van der Waals surface area (Å²) >= 11 is 11.4. The second-order valence-electron chi connectivity index (χ2n) is 3.32. The average Bonchev–Trinajstić information content (AvgIpc) is 2.21. The Bertz CT molecular complexity index is 480. The fourth-order valence-corrected chi connectivity index (χ4v) is 1.87. The summed E-state index contributed by atoms with van der Waals surface area (Å²) in [6.07, 6.45) is 1.73. The highest BCUT2D eigenvalue weighted by Crippen LogP contribution is 2.20. The number of nitrogens with one attached hydrogen (secondary N) is 2. The molecule has 0 aromatic carbocycles. The fourth-order valence-electron chi connectivity index (χ4n) is 1.05. The molecule has 0 saturated carbocycles. The topological polar surface area (TPSA) is 84.0 Å². The number of sulfonamides is 1. The van der Waals surface area contributed by atoms with Gasteiger partial charge in [-0.25, -0.2) is 13.1 Å². The third-order valence-electron chi connectivity index (χ3n) is 1.75. The van der Waals surface area contributed by atoms with E-state index in [-0.39, 0.29) is 10.3 Å². The van der Waals surface area contributed by atoms with E-state index in [0.717, 1.165) is 6.26 Å². The van der Waals surface area contributed by atoms with Crippen molar-refractivity contribution < 1.29 is 8.42 Å². The Kier molecular flexibility index (Phi) is 5.38. The van der Waals surface area contributed by atoms with Crippen LogP contribution in [-0.2, 0) is 10.0 Å². The van der Waals surface area contributed by atoms with Gasteiger partial charge in [0.15, 0.2) is 10.3 Å². The van der Waals surface area contributed by atoms with Crippen LogP contribution in [0.15, 0.2) is 6.07 Å². The number of nitrogens with zero attached hydrogens (tertiary/aromatic N) is 2. The summed E-state index contributed by atoms with van der Waals surface area (Å²) in [5.74, 6) is 0. The van der Waals surface area contributed by atoms with Gasteiger partial charge in [0.1, 0.15) is 0 Å². The number of hydrogen-bond acceptors (Lipinski definition) is 5. The van der Waals surface area contributed by atoms with Gasteiger partial charge in [0.2, 0.25) is 10.0 Å². The SMILES string of the molecule is CS(=O)(=O)NCCCNc1cc(Cl)nnc1Cl. The molecular formula is C8H12Cl2N4O2S. The zero-order valence-electron chi connectivity index (χ0n) is 9.07. The lowest BCUT2D eigenvalue weighted by Gasteiger charge is -2.07. The van der Waals surface area contributed by atoms with Crippen LogP contribution in [0.25, 0.3) is 0 Å². The van der Waals surface area contributed by atoms with E-state index in [9.17, 15) is 8.42 Å². The first-order chi connectivity index (χ1) is 7.88. The van der Waals surface area contributed by atoms with Crippen molar-refractivity contribution in [1.82, 2.24) is 14.9 Å². The highest BCUT2D eigenvalue weighted by Gasteiger charge is 2.03. The minimum Gasteiger partial charge on any atom is -0.382 e. The third-order valence-corrected chi connectivity index (χ3v) is 2.94. The van der Waals surface area contributed by atoms with Gasteiger partial charge in [-0.1, -0.05) is 23.2 Å². The van der Waals surface area contributed by atoms with Crippen LogP contribution in [0.1, 0.15) is 6.42 Å². The van der Waals surface area contributed by atoms with Crippen LogP contribution in [-0.4, -0.2) is 38.0 Å². The van der Waals surface area contributed by atoms with E-state index in [4.69, 9.17) is 23.2 Å². The average molecular weight is 299 g/mol. The molecule has 9 heteroatoms. The third kappa shape index (κ3) is 6.02. The van der Waals surface area contributed by atoms with Crippen molar-refractivity contribution >= 4 is 38.9 Å². The smallest absolute Gasteiger partial charge is 0.208 e. The molecule has 0 bridgehead atoms. The van der Waals surface area contributed by atoms with E-state index in [0.29, 0.717) is 25.2 Å². The first-order valence-electron chi connectivity index (χ1n) is 4.76. The van der Waals surface area contributed by atoms with E-state index in [1.165, 1.54) is 0 Å². The standard InChI is InChI=1S/C8H12Cl2N4O2S/c1-17(15,16)12-4-2-3-11-6-5-7(9)13-14-8(6)10/h5,12H,2-4H2,1H3,(H,11,13). The van der Waals surface area contributed by atoms with Crippen LogP contribution < -0.4 is 10.0 Å². The highest BCUT2D eigenvalue weighted by molar-refractivity contribution is 7.88. The van der Waals surface area contributed by atoms with Crippen molar-refractivity contribution in [3.05, 3.63) is 16.4 Å². The summed E-state index contributed by atoms with van der Waals surface area (Å²) < 4.78 is 23.9. The van der Waals surface area contributed by atoms with Crippen LogP contribution in [0, 0.1) is 0 Å². The molecule has 96 valence electrons. The summed E-state index contributed by atoms with van der Waals surface area (Å²) in [6.45, 7) is 0.903. The minimum atomic E-state index is -3.13. The van der Waals surface area contributed by atoms with E-state index < -0.39 is 10.0 Å². The lowest BCUT2D eigenvalue weighted by molar-refractivity contribution is 0.586. The van der Waals surface area contributed by atoms with Crippen molar-refractivity contribution in [3.63, 3.8) is 0 Å². The van der Waals surface area contributed by atoms with Crippen LogP contribution in [0.3, 0.4) is 0 Å². The molecule has 0 radical (unpaired) electrons. The van der Waals surface area contributed by atoms with Gasteiger partial charge < -0.3 is 5.32 Å². The maximum atomic E-state index is 10.8. The van der Waals surface area contributed by atoms with Crippen LogP contribution in [0.5, 0.6) is 0 Å². The van der Waals surface area contributed by atoms with Crippen molar-refractivity contribution in [2.45, 2.75) is 6.42 Å². The van der Waals surface area contributed by atoms with Crippen molar-refractivity contribution in [2.24, 2.45) is 0 Å². The number of halogens is 2. The number of hydrogen-bond donors (Lipinski definition) is 2. The predicted molar refractivity (Wildman–Crippen MR) is 68.0 cm³/mol. The number of aromatic nitrogens is 2. The van der Waals surface area contributed by atoms with E-state index >= 15 is 0 Å². The molecular weight excluding hydrogens is 287 g/mol. The predicted octanol–water partition coefficient (Wildman–Crippen LogP) is 1.13. The largest absolute Gasteiger partial charge is 0.382 e. The van der Waals surface area contributed by atoms with Crippen molar-refractivity contribution in [3.8, 4) is 0 Å². The molecule has 0 fully saturated rings. The molecule has 1 aromatic rings. The van der Waals surface area contributed by atoms with Crippen molar-refractivity contribution in [1.29, 1.82) is 0 Å². The van der Waals surface area contributed by atoms with Crippen LogP contribution in [0.4, 0.5) is 5.69 Å². The Hall–Kier alpha value is -0.630. The molecule has 0 unspecified atom stereocenters. The van der Waals surface area contributed by atoms with Gasteiger partial charge in [0.05, 0.1) is 11.9 Å². The lowest BCUT2D eigenvalue weighted by atomic mass is 10.4. The molecule has 2 N–H and O–H groups in total. The second-order valence-corrected chi connectivity index (χ2v) is 5.90. The number of anilines is 1. The Morgan fingerprint density at radius 3 is 2.65 bits per heavy atom. The second kappa shape index (κ2) is 6.34. The van der Waals surface area contributed by atoms with Crippen LogP contribution >= 0.6 is 23.2 Å². The molecule has 0 aliphatic carbocycles. The lowest BCUT2D eigenvalue weighted by Crippen LogP contribution is -2.24. The zero-order chi connectivity index (χ0) is 12.9. The first-order valence-corrected chi connectivity index (χ1v) is 7.40. The van der Waals surface area contributed by atoms with Gasteiger partial charge >= 0.3 is 0 Å². The quantitative estimate of drug-likeness (QED) is 0.769. The Balaban J connectivity index is 2.34. The summed E-state index contributed by atoms with van der Waals surface area (Å²) in [6, 6.07) is 1.56. The Labute approximate surface area is 110 Å². The molecule has 0 spiro atoms. The van der Waals surface area contributed by atoms with Gasteiger partial charge in [-0.15, -0.1) is 10.2 Å². The normalized spacial score (nSPS) is 11.5. The van der Waals surface area contributed by atoms with Crippen LogP contribution in [0.2, 0.25) is 10.3 Å². The van der Waals surface area contributed by atoms with Gasteiger partial charge in [-0.3, -0.25) is 0 Å². The molecule has 17 heavy (non-hydrogen) atoms. The fraction of sp³-hybridized carbons (Fsp3) is 0.500. The van der Waals surface area contributed by atoms with Gasteiger partial charge in [0, 0.05) is 19.2 Å². The van der Waals surface area contributed by atoms with E-state index in [1.54, 1.807) is 6.07 Å². The Morgan fingerprint density at radius 2 is 2.00 bits per heavy atom. The molecule has 0 amide bonds. The first kappa shape index (κ1) is 14.4. The molecule has 1 aromatic heterocycles. The molecule has 0 saturated heterocycles. The summed E-state index contributed by atoms with van der Waals surface area (Å²) in [4.78, 5) is 0. The zero-order valence-corrected chi connectivity index (χ0v) is 11.4. The minimum absolute atomic E-state index is 0.227. The molecule has 1 rings (SSSR count). The number of rotatable bonds is 6. The highest BCUT2D eigenvalue weighted by atomic mass is 35.5. The van der Waals surface area contributed by atoms with Crippen molar-refractivity contribution in [2.75, 3.05) is 24.7 Å². The monoisotopic (exact) mass is 298 g/mol. The summed E-state index contributed by atoms with van der Waals surface area (Å²) in [5, 5.41) is 10.6.